The summed E-state index contributed by atoms with van der Waals surface area (Å²) in [4.78, 5) is 16.8. The maximum Gasteiger partial charge on any atom is 0.238 e. The van der Waals surface area contributed by atoms with Crippen molar-refractivity contribution in [2.24, 2.45) is 0 Å². The van der Waals surface area contributed by atoms with E-state index in [9.17, 15) is 9.18 Å². The van der Waals surface area contributed by atoms with E-state index in [0.717, 1.165) is 31.7 Å². The minimum absolute atomic E-state index is 0.0905. The van der Waals surface area contributed by atoms with Crippen LogP contribution in [0.2, 0.25) is 5.02 Å². The van der Waals surface area contributed by atoms with E-state index in [1.165, 1.54) is 6.07 Å². The molecule has 0 aliphatic carbocycles. The van der Waals surface area contributed by atoms with Crippen molar-refractivity contribution >= 4 is 23.2 Å². The fraction of sp³-hybridized carbons (Fsp3) is 0.381. The molecule has 29 heavy (non-hydrogen) atoms. The molecule has 0 bridgehead atoms. The van der Waals surface area contributed by atoms with Crippen molar-refractivity contribution in [2.45, 2.75) is 6.54 Å². The number of rotatable bonds is 7. The van der Waals surface area contributed by atoms with Crippen LogP contribution < -0.4 is 14.8 Å². The van der Waals surface area contributed by atoms with E-state index in [1.807, 2.05) is 0 Å². The molecule has 1 fully saturated rings. The van der Waals surface area contributed by atoms with Gasteiger partial charge in [0.1, 0.15) is 17.3 Å². The van der Waals surface area contributed by atoms with Gasteiger partial charge in [-0.2, -0.15) is 0 Å². The molecule has 1 amide bonds. The molecule has 6 nitrogen and oxygen atoms in total. The van der Waals surface area contributed by atoms with Gasteiger partial charge in [0.05, 0.1) is 31.5 Å². The zero-order valence-electron chi connectivity index (χ0n) is 16.6. The molecule has 1 N–H and O–H groups in total. The fourth-order valence-electron chi connectivity index (χ4n) is 3.30. The average molecular weight is 422 g/mol. The highest BCUT2D eigenvalue weighted by molar-refractivity contribution is 6.30. The summed E-state index contributed by atoms with van der Waals surface area (Å²) in [5.41, 5.74) is 1.60. The Labute approximate surface area is 175 Å². The van der Waals surface area contributed by atoms with Gasteiger partial charge in [-0.1, -0.05) is 17.7 Å². The summed E-state index contributed by atoms with van der Waals surface area (Å²) in [6.45, 7) is 4.24. The lowest BCUT2D eigenvalue weighted by Crippen LogP contribution is -2.48. The molecule has 0 atom stereocenters. The van der Waals surface area contributed by atoms with E-state index in [4.69, 9.17) is 21.1 Å². The van der Waals surface area contributed by atoms with Crippen LogP contribution in [-0.4, -0.2) is 62.7 Å². The monoisotopic (exact) mass is 421 g/mol. The maximum atomic E-state index is 13.3. The van der Waals surface area contributed by atoms with Crippen molar-refractivity contribution < 1.29 is 18.7 Å². The molecule has 2 aromatic carbocycles. The molecule has 1 aliphatic heterocycles. The molecule has 1 heterocycles. The SMILES string of the molecule is COc1ccc(NC(=O)CN2CCN(Cc3ccc(F)c(Cl)c3)CC2)c(OC)c1. The van der Waals surface area contributed by atoms with Gasteiger partial charge in [-0.25, -0.2) is 4.39 Å². The number of piperazine rings is 1. The van der Waals surface area contributed by atoms with Crippen LogP contribution in [-0.2, 0) is 11.3 Å². The number of methoxy groups -OCH3 is 2. The lowest BCUT2D eigenvalue weighted by Gasteiger charge is -2.34. The van der Waals surface area contributed by atoms with Gasteiger partial charge in [0, 0.05) is 38.8 Å². The van der Waals surface area contributed by atoms with E-state index in [-0.39, 0.29) is 10.9 Å². The molecule has 1 saturated heterocycles. The van der Waals surface area contributed by atoms with E-state index in [0.29, 0.717) is 30.3 Å². The van der Waals surface area contributed by atoms with E-state index in [1.54, 1.807) is 44.6 Å². The standard InChI is InChI=1S/C21H25ClFN3O3/c1-28-16-4-6-19(20(12-16)29-2)24-21(27)14-26-9-7-25(8-10-26)13-15-3-5-18(23)17(22)11-15/h3-6,11-12H,7-10,13-14H2,1-2H3,(H,24,27). The minimum Gasteiger partial charge on any atom is -0.497 e. The number of anilines is 1. The molecule has 0 spiro atoms. The zero-order valence-corrected chi connectivity index (χ0v) is 17.3. The topological polar surface area (TPSA) is 54.0 Å². The molecule has 0 unspecified atom stereocenters. The third-order valence-corrected chi connectivity index (χ3v) is 5.19. The van der Waals surface area contributed by atoms with E-state index < -0.39 is 5.82 Å². The third kappa shape index (κ3) is 5.82. The fourth-order valence-corrected chi connectivity index (χ4v) is 3.50. The predicted octanol–water partition coefficient (Wildman–Crippen LogP) is 3.25. The molecule has 0 radical (unpaired) electrons. The summed E-state index contributed by atoms with van der Waals surface area (Å²) < 4.78 is 23.8. The van der Waals surface area contributed by atoms with Crippen LogP contribution in [0.5, 0.6) is 11.5 Å². The molecule has 2 aromatic rings. The molecular weight excluding hydrogens is 397 g/mol. The molecule has 8 heteroatoms. The number of halogens is 2. The van der Waals surface area contributed by atoms with Gasteiger partial charge < -0.3 is 14.8 Å². The van der Waals surface area contributed by atoms with Gasteiger partial charge in [0.15, 0.2) is 0 Å². The molecule has 0 saturated carbocycles. The number of nitrogens with zero attached hydrogens (tertiary/aromatic N) is 2. The molecule has 156 valence electrons. The predicted molar refractivity (Wildman–Crippen MR) is 111 cm³/mol. The number of hydrogen-bond donors (Lipinski definition) is 1. The Morgan fingerprint density at radius 1 is 1.07 bits per heavy atom. The quantitative estimate of drug-likeness (QED) is 0.743. The number of benzene rings is 2. The third-order valence-electron chi connectivity index (χ3n) is 4.91. The number of nitrogens with one attached hydrogen (secondary N) is 1. The summed E-state index contributed by atoms with van der Waals surface area (Å²) in [6, 6.07) is 10.1. The van der Waals surface area contributed by atoms with Crippen LogP contribution in [0.15, 0.2) is 36.4 Å². The molecule has 1 aliphatic rings. The summed E-state index contributed by atoms with van der Waals surface area (Å²) >= 11 is 5.85. The Morgan fingerprint density at radius 2 is 1.79 bits per heavy atom. The Bertz CT molecular complexity index is 857. The van der Waals surface area contributed by atoms with Gasteiger partial charge in [-0.15, -0.1) is 0 Å². The number of amides is 1. The molecule has 3 rings (SSSR count). The van der Waals surface area contributed by atoms with E-state index in [2.05, 4.69) is 15.1 Å². The second-order valence-electron chi connectivity index (χ2n) is 6.92. The summed E-state index contributed by atoms with van der Waals surface area (Å²) in [7, 11) is 3.13. The average Bonchev–Trinajstić information content (AvgIpc) is 2.72. The van der Waals surface area contributed by atoms with Crippen molar-refractivity contribution in [1.82, 2.24) is 9.80 Å². The highest BCUT2D eigenvalue weighted by Gasteiger charge is 2.20. The van der Waals surface area contributed by atoms with Gasteiger partial charge in [0.2, 0.25) is 5.91 Å². The van der Waals surface area contributed by atoms with Crippen LogP contribution in [0.1, 0.15) is 5.56 Å². The number of ether oxygens (including phenoxy) is 2. The Balaban J connectivity index is 1.48. The van der Waals surface area contributed by atoms with Crippen molar-refractivity contribution in [3.63, 3.8) is 0 Å². The van der Waals surface area contributed by atoms with Crippen LogP contribution in [0.25, 0.3) is 0 Å². The van der Waals surface area contributed by atoms with Crippen LogP contribution in [0, 0.1) is 5.82 Å². The largest absolute Gasteiger partial charge is 0.497 e. The Kier molecular flexibility index (Phi) is 7.30. The van der Waals surface area contributed by atoms with Crippen LogP contribution >= 0.6 is 11.6 Å². The van der Waals surface area contributed by atoms with Crippen LogP contribution in [0.4, 0.5) is 10.1 Å². The number of carbonyl (C=O) groups excluding carboxylic acids is 1. The molecular formula is C21H25ClFN3O3. The number of carbonyl (C=O) groups is 1. The minimum atomic E-state index is -0.403. The summed E-state index contributed by atoms with van der Waals surface area (Å²) in [5.74, 6) is 0.728. The van der Waals surface area contributed by atoms with Crippen molar-refractivity contribution in [3.8, 4) is 11.5 Å². The second-order valence-corrected chi connectivity index (χ2v) is 7.32. The smallest absolute Gasteiger partial charge is 0.238 e. The maximum absolute atomic E-state index is 13.3. The van der Waals surface area contributed by atoms with Crippen molar-refractivity contribution in [3.05, 3.63) is 52.8 Å². The van der Waals surface area contributed by atoms with Crippen molar-refractivity contribution in [1.29, 1.82) is 0 Å². The lowest BCUT2D eigenvalue weighted by molar-refractivity contribution is -0.117. The van der Waals surface area contributed by atoms with Crippen LogP contribution in [0.3, 0.4) is 0 Å². The second kappa shape index (κ2) is 9.91. The van der Waals surface area contributed by atoms with Crippen molar-refractivity contribution in [2.75, 3.05) is 52.3 Å². The Hall–Kier alpha value is -2.35. The Morgan fingerprint density at radius 3 is 2.45 bits per heavy atom. The lowest BCUT2D eigenvalue weighted by atomic mass is 10.2. The van der Waals surface area contributed by atoms with Gasteiger partial charge in [-0.3, -0.25) is 14.6 Å². The van der Waals surface area contributed by atoms with E-state index >= 15 is 0 Å². The summed E-state index contributed by atoms with van der Waals surface area (Å²) in [5, 5.41) is 3.04. The van der Waals surface area contributed by atoms with Gasteiger partial charge >= 0.3 is 0 Å². The summed E-state index contributed by atoms with van der Waals surface area (Å²) in [6.07, 6.45) is 0. The zero-order chi connectivity index (χ0) is 20.8. The van der Waals surface area contributed by atoms with Gasteiger partial charge in [-0.05, 0) is 29.8 Å². The highest BCUT2D eigenvalue weighted by atomic mass is 35.5. The molecule has 0 aromatic heterocycles. The number of hydrogen-bond acceptors (Lipinski definition) is 5. The van der Waals surface area contributed by atoms with Gasteiger partial charge in [0.25, 0.3) is 0 Å². The first-order valence-corrected chi connectivity index (χ1v) is 9.77. The first-order chi connectivity index (χ1) is 14.0. The first-order valence-electron chi connectivity index (χ1n) is 9.39. The normalized spacial score (nSPS) is 15.2. The highest BCUT2D eigenvalue weighted by Crippen LogP contribution is 2.29. The first kappa shape index (κ1) is 21.4.